The number of para-hydroxylation sites is 1. The van der Waals surface area contributed by atoms with Gasteiger partial charge in [-0.05, 0) is 25.5 Å². The third-order valence-corrected chi connectivity index (χ3v) is 3.37. The Morgan fingerprint density at radius 2 is 2.00 bits per heavy atom. The molecule has 108 valence electrons. The Hall–Kier alpha value is -1.75. The highest BCUT2D eigenvalue weighted by molar-refractivity contribution is 7.08. The summed E-state index contributed by atoms with van der Waals surface area (Å²) >= 11 is 1.54. The van der Waals surface area contributed by atoms with Crippen LogP contribution in [0.5, 0.6) is 0 Å². The van der Waals surface area contributed by atoms with Gasteiger partial charge in [0.1, 0.15) is 10.8 Å². The fraction of sp³-hybridized carbons (Fsp3) is 0.400. The summed E-state index contributed by atoms with van der Waals surface area (Å²) in [5.41, 5.74) is 1.79. The Morgan fingerprint density at radius 3 is 2.55 bits per heavy atom. The first-order valence-corrected chi connectivity index (χ1v) is 7.50. The molecule has 1 heterocycles. The predicted molar refractivity (Wildman–Crippen MR) is 83.2 cm³/mol. The Labute approximate surface area is 123 Å². The first kappa shape index (κ1) is 16.3. The summed E-state index contributed by atoms with van der Waals surface area (Å²) in [6.45, 7) is 7.54. The second-order valence-corrected chi connectivity index (χ2v) is 5.31. The van der Waals surface area contributed by atoms with Crippen molar-refractivity contribution in [2.45, 2.75) is 34.1 Å². The van der Waals surface area contributed by atoms with Crippen LogP contribution in [-0.4, -0.2) is 15.6 Å². The minimum atomic E-state index is 0.141. The molecule has 0 spiro atoms. The fourth-order valence-electron chi connectivity index (χ4n) is 1.71. The number of hydrogen-bond acceptors (Lipinski definition) is 4. The van der Waals surface area contributed by atoms with E-state index < -0.39 is 0 Å². The molecule has 0 aliphatic heterocycles. The zero-order chi connectivity index (χ0) is 15.1. The topological polar surface area (TPSA) is 47.2 Å². The van der Waals surface area contributed by atoms with Crippen LogP contribution in [0.15, 0.2) is 29.3 Å². The van der Waals surface area contributed by atoms with Gasteiger partial charge in [0, 0.05) is 13.5 Å². The van der Waals surface area contributed by atoms with Crippen LogP contribution in [0.25, 0.3) is 0 Å². The molecular formula is C15H21N3OS. The number of aryl methyl sites for hydroxylation is 2. The molecule has 0 fully saturated rings. The molecule has 1 aromatic heterocycles. The van der Waals surface area contributed by atoms with Crippen molar-refractivity contribution < 1.29 is 4.79 Å². The summed E-state index contributed by atoms with van der Waals surface area (Å²) in [5, 5.41) is 5.24. The summed E-state index contributed by atoms with van der Waals surface area (Å²) in [5.74, 6) is 0.141. The monoisotopic (exact) mass is 291 g/mol. The van der Waals surface area contributed by atoms with Gasteiger partial charge in [0.25, 0.3) is 0 Å². The van der Waals surface area contributed by atoms with E-state index in [-0.39, 0.29) is 5.78 Å². The highest BCUT2D eigenvalue weighted by Gasteiger charge is 2.04. The van der Waals surface area contributed by atoms with Crippen molar-refractivity contribution in [2.24, 2.45) is 12.0 Å². The average Bonchev–Trinajstić information content (AvgIpc) is 2.72. The van der Waals surface area contributed by atoms with E-state index in [4.69, 9.17) is 0 Å². The van der Waals surface area contributed by atoms with E-state index >= 15 is 0 Å². The zero-order valence-electron chi connectivity index (χ0n) is 12.7. The third kappa shape index (κ3) is 4.42. The molecular weight excluding hydrogens is 270 g/mol. The normalized spacial score (nSPS) is 10.9. The average molecular weight is 291 g/mol. The molecule has 0 saturated carbocycles. The molecule has 4 nitrogen and oxygen atoms in total. The lowest BCUT2D eigenvalue weighted by atomic mass is 10.1. The first-order chi connectivity index (χ1) is 9.56. The van der Waals surface area contributed by atoms with Gasteiger partial charge in [-0.3, -0.25) is 4.79 Å². The summed E-state index contributed by atoms with van der Waals surface area (Å²) in [6, 6.07) is 7.72. The minimum absolute atomic E-state index is 0.141. The van der Waals surface area contributed by atoms with Gasteiger partial charge < -0.3 is 0 Å². The van der Waals surface area contributed by atoms with Gasteiger partial charge in [-0.1, -0.05) is 43.4 Å². The van der Waals surface area contributed by atoms with Gasteiger partial charge in [-0.25, -0.2) is 9.67 Å². The number of carbonyl (C=O) groups excluding carboxylic acids is 1. The van der Waals surface area contributed by atoms with Crippen molar-refractivity contribution >= 4 is 22.8 Å². The SMILES string of the molecule is CC.CC(=O)Cc1ccccc1N=c1sc(C)nn1C. The maximum atomic E-state index is 11.2. The highest BCUT2D eigenvalue weighted by Crippen LogP contribution is 2.18. The van der Waals surface area contributed by atoms with Crippen LogP contribution in [0.3, 0.4) is 0 Å². The number of rotatable bonds is 3. The van der Waals surface area contributed by atoms with E-state index in [9.17, 15) is 4.79 Å². The molecule has 0 atom stereocenters. The van der Waals surface area contributed by atoms with Crippen molar-refractivity contribution in [3.63, 3.8) is 0 Å². The van der Waals surface area contributed by atoms with Crippen LogP contribution in [0, 0.1) is 6.92 Å². The molecule has 0 radical (unpaired) electrons. The largest absolute Gasteiger partial charge is 0.300 e. The van der Waals surface area contributed by atoms with Crippen LogP contribution in [0.2, 0.25) is 0 Å². The van der Waals surface area contributed by atoms with Crippen molar-refractivity contribution in [1.29, 1.82) is 0 Å². The maximum Gasteiger partial charge on any atom is 0.207 e. The van der Waals surface area contributed by atoms with E-state index in [1.165, 1.54) is 11.3 Å². The lowest BCUT2D eigenvalue weighted by Gasteiger charge is -2.02. The quantitative estimate of drug-likeness (QED) is 0.872. The lowest BCUT2D eigenvalue weighted by Crippen LogP contribution is -2.11. The Kier molecular flexibility index (Phi) is 6.31. The van der Waals surface area contributed by atoms with Crippen LogP contribution in [0.4, 0.5) is 5.69 Å². The van der Waals surface area contributed by atoms with Crippen LogP contribution in [-0.2, 0) is 18.3 Å². The number of aromatic nitrogens is 2. The van der Waals surface area contributed by atoms with E-state index in [1.807, 2.05) is 52.1 Å². The number of ketones is 1. The lowest BCUT2D eigenvalue weighted by molar-refractivity contribution is -0.116. The second-order valence-electron chi connectivity index (χ2n) is 4.15. The van der Waals surface area contributed by atoms with Gasteiger partial charge >= 0.3 is 0 Å². The Morgan fingerprint density at radius 1 is 1.35 bits per heavy atom. The smallest absolute Gasteiger partial charge is 0.207 e. The number of hydrogen-bond donors (Lipinski definition) is 0. The standard InChI is InChI=1S/C13H15N3OS.C2H6/c1-9(17)8-11-6-4-5-7-12(11)14-13-16(3)15-10(2)18-13;1-2/h4-7H,8H2,1-3H3;1-2H3. The summed E-state index contributed by atoms with van der Waals surface area (Å²) in [4.78, 5) is 16.7. The molecule has 0 aliphatic rings. The van der Waals surface area contributed by atoms with Crippen molar-refractivity contribution in [3.8, 4) is 0 Å². The highest BCUT2D eigenvalue weighted by atomic mass is 32.1. The van der Waals surface area contributed by atoms with Gasteiger partial charge in [-0.15, -0.1) is 0 Å². The Bertz CT molecular complexity index is 641. The van der Waals surface area contributed by atoms with Crippen LogP contribution < -0.4 is 4.80 Å². The molecule has 2 aromatic rings. The first-order valence-electron chi connectivity index (χ1n) is 6.69. The number of benzene rings is 1. The third-order valence-electron chi connectivity index (χ3n) is 2.45. The minimum Gasteiger partial charge on any atom is -0.300 e. The van der Waals surface area contributed by atoms with Crippen molar-refractivity contribution in [2.75, 3.05) is 0 Å². The van der Waals surface area contributed by atoms with E-state index in [0.29, 0.717) is 6.42 Å². The number of carbonyl (C=O) groups is 1. The second kappa shape index (κ2) is 7.75. The van der Waals surface area contributed by atoms with E-state index in [1.54, 1.807) is 11.6 Å². The fourth-order valence-corrected chi connectivity index (χ4v) is 2.45. The molecule has 0 N–H and O–H groups in total. The van der Waals surface area contributed by atoms with E-state index in [2.05, 4.69) is 10.1 Å². The molecule has 0 unspecified atom stereocenters. The molecule has 0 amide bonds. The van der Waals surface area contributed by atoms with Crippen molar-refractivity contribution in [3.05, 3.63) is 39.6 Å². The Balaban J connectivity index is 0.000000956. The van der Waals surface area contributed by atoms with Gasteiger partial charge in [0.2, 0.25) is 4.80 Å². The number of nitrogens with zero attached hydrogens (tertiary/aromatic N) is 3. The van der Waals surface area contributed by atoms with Gasteiger partial charge in [0.15, 0.2) is 0 Å². The molecule has 0 aliphatic carbocycles. The zero-order valence-corrected chi connectivity index (χ0v) is 13.5. The number of Topliss-reactive ketones (excluding diaryl/α,β-unsaturated/α-hetero) is 1. The summed E-state index contributed by atoms with van der Waals surface area (Å²) in [6.07, 6.45) is 0.418. The summed E-state index contributed by atoms with van der Waals surface area (Å²) in [7, 11) is 1.87. The molecule has 5 heteroatoms. The van der Waals surface area contributed by atoms with Crippen molar-refractivity contribution in [1.82, 2.24) is 9.78 Å². The molecule has 1 aromatic carbocycles. The molecule has 0 saturated heterocycles. The van der Waals surface area contributed by atoms with E-state index in [0.717, 1.165) is 21.1 Å². The van der Waals surface area contributed by atoms with Crippen LogP contribution in [0.1, 0.15) is 31.3 Å². The molecule has 2 rings (SSSR count). The maximum absolute atomic E-state index is 11.2. The predicted octanol–water partition coefficient (Wildman–Crippen LogP) is 3.18. The van der Waals surface area contributed by atoms with Crippen LogP contribution >= 0.6 is 11.3 Å². The molecule has 20 heavy (non-hydrogen) atoms. The molecule has 0 bridgehead atoms. The van der Waals surface area contributed by atoms with Gasteiger partial charge in [-0.2, -0.15) is 5.10 Å². The van der Waals surface area contributed by atoms with Gasteiger partial charge in [0.05, 0.1) is 5.69 Å². The summed E-state index contributed by atoms with van der Waals surface area (Å²) < 4.78 is 1.75.